The maximum absolute atomic E-state index is 12.8. The second-order valence-corrected chi connectivity index (χ2v) is 6.98. The molecule has 0 saturated carbocycles. The van der Waals surface area contributed by atoms with Gasteiger partial charge in [-0.2, -0.15) is 13.2 Å². The zero-order valence-corrected chi connectivity index (χ0v) is 15.8. The van der Waals surface area contributed by atoms with E-state index in [4.69, 9.17) is 5.73 Å². The van der Waals surface area contributed by atoms with Crippen molar-refractivity contribution in [1.29, 1.82) is 0 Å². The fourth-order valence-electron chi connectivity index (χ4n) is 3.45. The van der Waals surface area contributed by atoms with Crippen molar-refractivity contribution in [1.82, 2.24) is 14.9 Å². The third-order valence-corrected chi connectivity index (χ3v) is 4.89. The molecule has 0 radical (unpaired) electrons. The molecule has 154 valence electrons. The first-order valence-electron chi connectivity index (χ1n) is 9.22. The lowest BCUT2D eigenvalue weighted by atomic mass is 9.97. The number of anilines is 3. The topological polar surface area (TPSA) is 84.1 Å². The molecule has 0 unspecified atom stereocenters. The zero-order valence-electron chi connectivity index (χ0n) is 15.8. The van der Waals surface area contributed by atoms with Crippen LogP contribution in [0.2, 0.25) is 0 Å². The molecule has 0 saturated heterocycles. The van der Waals surface area contributed by atoms with Crippen molar-refractivity contribution in [2.75, 3.05) is 17.6 Å². The first-order chi connectivity index (χ1) is 14.3. The van der Waals surface area contributed by atoms with Crippen molar-refractivity contribution in [3.63, 3.8) is 0 Å². The maximum Gasteiger partial charge on any atom is 0.433 e. The van der Waals surface area contributed by atoms with Gasteiger partial charge in [0.05, 0.1) is 23.1 Å². The summed E-state index contributed by atoms with van der Waals surface area (Å²) in [4.78, 5) is 21.9. The summed E-state index contributed by atoms with van der Waals surface area (Å²) in [5.74, 6) is -0.147. The van der Waals surface area contributed by atoms with Crippen LogP contribution in [0.4, 0.5) is 30.2 Å². The largest absolute Gasteiger partial charge is 0.433 e. The summed E-state index contributed by atoms with van der Waals surface area (Å²) in [6.45, 7) is 0.925. The number of nitrogens with two attached hydrogens (primary N) is 1. The fourth-order valence-corrected chi connectivity index (χ4v) is 3.45. The van der Waals surface area contributed by atoms with Gasteiger partial charge in [-0.3, -0.25) is 9.78 Å². The number of nitrogens with zero attached hydrogens (tertiary/aromatic N) is 3. The van der Waals surface area contributed by atoms with E-state index in [1.54, 1.807) is 11.0 Å². The van der Waals surface area contributed by atoms with Crippen LogP contribution < -0.4 is 11.1 Å². The van der Waals surface area contributed by atoms with E-state index in [-0.39, 0.29) is 5.91 Å². The smallest absolute Gasteiger partial charge is 0.397 e. The highest BCUT2D eigenvalue weighted by Crippen LogP contribution is 2.31. The molecule has 3 heterocycles. The maximum atomic E-state index is 12.8. The Kier molecular flexibility index (Phi) is 5.03. The fraction of sp³-hybridized carbons (Fsp3) is 0.190. The number of carbonyl (C=O) groups is 1. The molecule has 1 amide bonds. The highest BCUT2D eigenvalue weighted by molar-refractivity contribution is 5.94. The first-order valence-corrected chi connectivity index (χ1v) is 9.22. The number of pyridine rings is 2. The number of fused-ring (bicyclic) bond motifs is 1. The van der Waals surface area contributed by atoms with Crippen molar-refractivity contribution in [2.24, 2.45) is 0 Å². The number of aromatic nitrogens is 2. The first kappa shape index (κ1) is 19.7. The number of benzene rings is 1. The molecule has 9 heteroatoms. The number of carbonyl (C=O) groups excluding carboxylic acids is 1. The van der Waals surface area contributed by atoms with Crippen LogP contribution in [-0.2, 0) is 19.1 Å². The monoisotopic (exact) mass is 413 g/mol. The van der Waals surface area contributed by atoms with Crippen LogP contribution in [0.15, 0.2) is 55.0 Å². The quantitative estimate of drug-likeness (QED) is 0.678. The van der Waals surface area contributed by atoms with Gasteiger partial charge in [-0.15, -0.1) is 0 Å². The second-order valence-electron chi connectivity index (χ2n) is 6.98. The van der Waals surface area contributed by atoms with Crippen LogP contribution >= 0.6 is 0 Å². The van der Waals surface area contributed by atoms with E-state index in [1.807, 2.05) is 18.2 Å². The molecule has 1 aliphatic rings. The summed E-state index contributed by atoms with van der Waals surface area (Å²) in [5, 5.41) is 3.13. The van der Waals surface area contributed by atoms with Crippen molar-refractivity contribution in [3.8, 4) is 0 Å². The van der Waals surface area contributed by atoms with Crippen LogP contribution in [0.3, 0.4) is 0 Å². The Morgan fingerprint density at radius 2 is 1.97 bits per heavy atom. The number of hydrogen-bond acceptors (Lipinski definition) is 5. The van der Waals surface area contributed by atoms with Crippen molar-refractivity contribution < 1.29 is 18.0 Å². The minimum atomic E-state index is -4.47. The number of halogens is 3. The van der Waals surface area contributed by atoms with Crippen LogP contribution in [0.25, 0.3) is 0 Å². The predicted octanol–water partition coefficient (Wildman–Crippen LogP) is 4.02. The number of nitrogen functional groups attached to an aromatic ring is 1. The molecule has 0 fully saturated rings. The number of amides is 1. The number of rotatable bonds is 3. The van der Waals surface area contributed by atoms with Crippen LogP contribution in [0.5, 0.6) is 0 Å². The third kappa shape index (κ3) is 4.05. The molecule has 0 aliphatic carbocycles. The van der Waals surface area contributed by atoms with E-state index in [0.717, 1.165) is 29.1 Å². The molecule has 3 aromatic rings. The number of alkyl halides is 3. The summed E-state index contributed by atoms with van der Waals surface area (Å²) >= 11 is 0. The molecular weight excluding hydrogens is 395 g/mol. The van der Waals surface area contributed by atoms with Crippen molar-refractivity contribution in [2.45, 2.75) is 19.1 Å². The Morgan fingerprint density at radius 1 is 1.13 bits per heavy atom. The zero-order chi connectivity index (χ0) is 21.3. The molecule has 4 rings (SSSR count). The molecule has 0 bridgehead atoms. The summed E-state index contributed by atoms with van der Waals surface area (Å²) in [5.41, 5.74) is 8.88. The standard InChI is InChI=1S/C21H18F3N5O/c22-21(23,24)19-5-4-16(11-27-19)28-18-3-1-2-13-12-29(7-6-17(13)18)20(30)14-8-15(25)10-26-9-14/h1-5,8-11,28H,6-7,12,25H2. The Hall–Kier alpha value is -3.62. The van der Waals surface area contributed by atoms with Crippen molar-refractivity contribution in [3.05, 3.63) is 77.4 Å². The molecule has 2 aromatic heterocycles. The number of hydrogen-bond donors (Lipinski definition) is 2. The van der Waals surface area contributed by atoms with E-state index in [0.29, 0.717) is 36.4 Å². The van der Waals surface area contributed by atoms with Gasteiger partial charge < -0.3 is 16.0 Å². The van der Waals surface area contributed by atoms with E-state index in [1.165, 1.54) is 18.5 Å². The van der Waals surface area contributed by atoms with E-state index in [2.05, 4.69) is 15.3 Å². The average Bonchev–Trinajstić information content (AvgIpc) is 2.73. The second kappa shape index (κ2) is 7.66. The molecule has 1 aromatic carbocycles. The van der Waals surface area contributed by atoms with Crippen LogP contribution in [0, 0.1) is 0 Å². The SMILES string of the molecule is Nc1cncc(C(=O)N2CCc3c(cccc3Nc3ccc(C(F)(F)F)nc3)C2)c1. The lowest BCUT2D eigenvalue weighted by Gasteiger charge is -2.30. The predicted molar refractivity (Wildman–Crippen MR) is 106 cm³/mol. The highest BCUT2D eigenvalue weighted by atomic mass is 19.4. The van der Waals surface area contributed by atoms with Gasteiger partial charge in [-0.1, -0.05) is 12.1 Å². The van der Waals surface area contributed by atoms with Gasteiger partial charge in [-0.05, 0) is 41.8 Å². The van der Waals surface area contributed by atoms with E-state index in [9.17, 15) is 18.0 Å². The minimum Gasteiger partial charge on any atom is -0.397 e. The molecule has 0 atom stereocenters. The average molecular weight is 413 g/mol. The molecule has 1 aliphatic heterocycles. The molecule has 3 N–H and O–H groups in total. The van der Waals surface area contributed by atoms with Crippen molar-refractivity contribution >= 4 is 23.0 Å². The van der Waals surface area contributed by atoms with Crippen LogP contribution in [-0.4, -0.2) is 27.3 Å². The Bertz CT molecular complexity index is 1080. The van der Waals surface area contributed by atoms with Gasteiger partial charge in [-0.25, -0.2) is 4.98 Å². The summed E-state index contributed by atoms with van der Waals surface area (Å²) < 4.78 is 38.1. The van der Waals surface area contributed by atoms with Gasteiger partial charge >= 0.3 is 6.18 Å². The molecule has 30 heavy (non-hydrogen) atoms. The Balaban J connectivity index is 1.52. The van der Waals surface area contributed by atoms with Gasteiger partial charge in [0.15, 0.2) is 0 Å². The van der Waals surface area contributed by atoms with Crippen LogP contribution in [0.1, 0.15) is 27.2 Å². The van der Waals surface area contributed by atoms with Gasteiger partial charge in [0.25, 0.3) is 5.91 Å². The van der Waals surface area contributed by atoms with E-state index >= 15 is 0 Å². The molecule has 0 spiro atoms. The van der Waals surface area contributed by atoms with E-state index < -0.39 is 11.9 Å². The minimum absolute atomic E-state index is 0.147. The van der Waals surface area contributed by atoms with Gasteiger partial charge in [0.2, 0.25) is 0 Å². The van der Waals surface area contributed by atoms with Gasteiger partial charge in [0, 0.05) is 31.2 Å². The lowest BCUT2D eigenvalue weighted by Crippen LogP contribution is -2.36. The summed E-state index contributed by atoms with van der Waals surface area (Å²) in [7, 11) is 0. The molecular formula is C21H18F3N5O. The molecule has 6 nitrogen and oxygen atoms in total. The summed E-state index contributed by atoms with van der Waals surface area (Å²) in [6, 6.07) is 9.52. The highest BCUT2D eigenvalue weighted by Gasteiger charge is 2.32. The normalized spacial score (nSPS) is 13.6. The van der Waals surface area contributed by atoms with Gasteiger partial charge in [0.1, 0.15) is 5.69 Å². The Labute approximate surface area is 170 Å². The number of nitrogens with one attached hydrogen (secondary N) is 1. The lowest BCUT2D eigenvalue weighted by molar-refractivity contribution is -0.141. The third-order valence-electron chi connectivity index (χ3n) is 4.89. The Morgan fingerprint density at radius 3 is 2.67 bits per heavy atom. The summed E-state index contributed by atoms with van der Waals surface area (Å²) in [6.07, 6.45) is 0.265.